The van der Waals surface area contributed by atoms with Crippen molar-refractivity contribution in [2.75, 3.05) is 13.2 Å². The van der Waals surface area contributed by atoms with Crippen LogP contribution in [0.15, 0.2) is 41.1 Å². The predicted molar refractivity (Wildman–Crippen MR) is 78.3 cm³/mol. The van der Waals surface area contributed by atoms with Gasteiger partial charge in [0.1, 0.15) is 11.3 Å². The Balaban J connectivity index is 1.83. The van der Waals surface area contributed by atoms with Crippen molar-refractivity contribution in [3.8, 4) is 5.88 Å². The van der Waals surface area contributed by atoms with Crippen LogP contribution in [-0.2, 0) is 11.3 Å². The summed E-state index contributed by atoms with van der Waals surface area (Å²) in [6, 6.07) is 6.71. The zero-order chi connectivity index (χ0) is 15.8. The van der Waals surface area contributed by atoms with Gasteiger partial charge < -0.3 is 19.8 Å². The standard InChI is InChI=1S/C15H17N3O4/c1-2-21-15-12(6-3-7-16-15)14(20)18-10-13(19)17-9-11-5-4-8-22-11/h3-8H,2,9-10H2,1H3,(H,17,19)(H,18,20). The van der Waals surface area contributed by atoms with Crippen molar-refractivity contribution >= 4 is 11.8 Å². The Kier molecular flexibility index (Phi) is 5.53. The highest BCUT2D eigenvalue weighted by atomic mass is 16.5. The van der Waals surface area contributed by atoms with Crippen LogP contribution in [-0.4, -0.2) is 29.9 Å². The molecule has 0 aliphatic rings. The summed E-state index contributed by atoms with van der Waals surface area (Å²) < 4.78 is 10.4. The summed E-state index contributed by atoms with van der Waals surface area (Å²) in [5, 5.41) is 5.16. The topological polar surface area (TPSA) is 93.5 Å². The summed E-state index contributed by atoms with van der Waals surface area (Å²) >= 11 is 0. The fraction of sp³-hybridized carbons (Fsp3) is 0.267. The first-order valence-electron chi connectivity index (χ1n) is 6.85. The molecule has 2 N–H and O–H groups in total. The third kappa shape index (κ3) is 4.34. The molecule has 0 fully saturated rings. The highest BCUT2D eigenvalue weighted by Gasteiger charge is 2.14. The molecule has 0 spiro atoms. The fourth-order valence-corrected chi connectivity index (χ4v) is 1.73. The SMILES string of the molecule is CCOc1ncccc1C(=O)NCC(=O)NCc1ccco1. The number of aromatic nitrogens is 1. The molecule has 0 aliphatic heterocycles. The lowest BCUT2D eigenvalue weighted by molar-refractivity contribution is -0.120. The van der Waals surface area contributed by atoms with Gasteiger partial charge >= 0.3 is 0 Å². The van der Waals surface area contributed by atoms with Crippen molar-refractivity contribution < 1.29 is 18.7 Å². The molecule has 0 radical (unpaired) electrons. The lowest BCUT2D eigenvalue weighted by Gasteiger charge is -2.09. The molecule has 7 heteroatoms. The number of furan rings is 1. The number of hydrogen-bond donors (Lipinski definition) is 2. The van der Waals surface area contributed by atoms with Crippen LogP contribution in [0.4, 0.5) is 0 Å². The molecule has 0 aliphatic carbocycles. The number of nitrogens with one attached hydrogen (secondary N) is 2. The number of rotatable bonds is 7. The van der Waals surface area contributed by atoms with Crippen molar-refractivity contribution in [2.45, 2.75) is 13.5 Å². The molecule has 2 rings (SSSR count). The van der Waals surface area contributed by atoms with Gasteiger partial charge in [-0.2, -0.15) is 0 Å². The average Bonchev–Trinajstić information content (AvgIpc) is 3.05. The molecule has 2 amide bonds. The number of nitrogens with zero attached hydrogens (tertiary/aromatic N) is 1. The highest BCUT2D eigenvalue weighted by molar-refractivity contribution is 5.98. The maximum Gasteiger partial charge on any atom is 0.257 e. The molecule has 116 valence electrons. The largest absolute Gasteiger partial charge is 0.477 e. The maximum atomic E-state index is 12.0. The van der Waals surface area contributed by atoms with Gasteiger partial charge in [-0.3, -0.25) is 9.59 Å². The van der Waals surface area contributed by atoms with Gasteiger partial charge in [0.05, 0.1) is 26.0 Å². The van der Waals surface area contributed by atoms with E-state index in [0.29, 0.717) is 17.9 Å². The lowest BCUT2D eigenvalue weighted by atomic mass is 10.2. The first kappa shape index (κ1) is 15.6. The van der Waals surface area contributed by atoms with Gasteiger partial charge in [0.15, 0.2) is 0 Å². The number of carbonyl (C=O) groups excluding carboxylic acids is 2. The summed E-state index contributed by atoms with van der Waals surface area (Å²) in [5.74, 6) is 0.167. The average molecular weight is 303 g/mol. The zero-order valence-corrected chi connectivity index (χ0v) is 12.2. The maximum absolute atomic E-state index is 12.0. The Morgan fingerprint density at radius 3 is 2.86 bits per heavy atom. The third-order valence-electron chi connectivity index (χ3n) is 2.75. The third-order valence-corrected chi connectivity index (χ3v) is 2.75. The van der Waals surface area contributed by atoms with Crippen LogP contribution in [0.1, 0.15) is 23.0 Å². The quantitative estimate of drug-likeness (QED) is 0.799. The first-order valence-corrected chi connectivity index (χ1v) is 6.85. The van der Waals surface area contributed by atoms with Crippen molar-refractivity contribution in [3.05, 3.63) is 48.0 Å². The van der Waals surface area contributed by atoms with E-state index in [0.717, 1.165) is 0 Å². The van der Waals surface area contributed by atoms with E-state index in [4.69, 9.17) is 9.15 Å². The molecular formula is C15H17N3O4. The Hall–Kier alpha value is -2.83. The van der Waals surface area contributed by atoms with Crippen LogP contribution in [0.5, 0.6) is 5.88 Å². The van der Waals surface area contributed by atoms with E-state index in [1.807, 2.05) is 0 Å². The van der Waals surface area contributed by atoms with Crippen molar-refractivity contribution in [3.63, 3.8) is 0 Å². The molecule has 2 aromatic heterocycles. The van der Waals surface area contributed by atoms with Gasteiger partial charge in [-0.15, -0.1) is 0 Å². The van der Waals surface area contributed by atoms with E-state index >= 15 is 0 Å². The van der Waals surface area contributed by atoms with E-state index in [2.05, 4.69) is 15.6 Å². The second kappa shape index (κ2) is 7.82. The molecular weight excluding hydrogens is 286 g/mol. The van der Waals surface area contributed by atoms with Crippen LogP contribution >= 0.6 is 0 Å². The van der Waals surface area contributed by atoms with E-state index in [1.165, 1.54) is 12.5 Å². The molecule has 2 aromatic rings. The Bertz CT molecular complexity index is 625. The molecule has 7 nitrogen and oxygen atoms in total. The summed E-state index contributed by atoms with van der Waals surface area (Å²) in [6.07, 6.45) is 3.07. The van der Waals surface area contributed by atoms with Gasteiger partial charge in [0.25, 0.3) is 5.91 Å². The molecule has 22 heavy (non-hydrogen) atoms. The summed E-state index contributed by atoms with van der Waals surface area (Å²) in [7, 11) is 0. The summed E-state index contributed by atoms with van der Waals surface area (Å²) in [6.45, 7) is 2.35. The molecule has 2 heterocycles. The highest BCUT2D eigenvalue weighted by Crippen LogP contribution is 2.13. The lowest BCUT2D eigenvalue weighted by Crippen LogP contribution is -2.36. The van der Waals surface area contributed by atoms with Crippen LogP contribution in [0.2, 0.25) is 0 Å². The molecule has 0 saturated carbocycles. The van der Waals surface area contributed by atoms with Crippen LogP contribution in [0.25, 0.3) is 0 Å². The number of ether oxygens (including phenoxy) is 1. The van der Waals surface area contributed by atoms with Gasteiger partial charge in [-0.05, 0) is 31.2 Å². The van der Waals surface area contributed by atoms with Crippen LogP contribution in [0, 0.1) is 0 Å². The minimum Gasteiger partial charge on any atom is -0.477 e. The van der Waals surface area contributed by atoms with Crippen molar-refractivity contribution in [1.29, 1.82) is 0 Å². The molecule has 0 aromatic carbocycles. The first-order chi connectivity index (χ1) is 10.7. The zero-order valence-electron chi connectivity index (χ0n) is 12.2. The minimum absolute atomic E-state index is 0.139. The normalized spacial score (nSPS) is 10.0. The predicted octanol–water partition coefficient (Wildman–Crippen LogP) is 1.12. The van der Waals surface area contributed by atoms with E-state index in [9.17, 15) is 9.59 Å². The monoisotopic (exact) mass is 303 g/mol. The second-order valence-electron chi connectivity index (χ2n) is 4.33. The molecule has 0 bridgehead atoms. The Morgan fingerprint density at radius 1 is 1.27 bits per heavy atom. The summed E-state index contributed by atoms with van der Waals surface area (Å²) in [5.41, 5.74) is 0.295. The number of amides is 2. The van der Waals surface area contributed by atoms with Gasteiger partial charge in [-0.25, -0.2) is 4.98 Å². The van der Waals surface area contributed by atoms with E-state index in [1.54, 1.807) is 31.2 Å². The van der Waals surface area contributed by atoms with Crippen LogP contribution in [0.3, 0.4) is 0 Å². The van der Waals surface area contributed by atoms with E-state index < -0.39 is 5.91 Å². The molecule has 0 saturated heterocycles. The van der Waals surface area contributed by atoms with Gasteiger partial charge in [0.2, 0.25) is 11.8 Å². The van der Waals surface area contributed by atoms with Gasteiger partial charge in [0, 0.05) is 6.20 Å². The van der Waals surface area contributed by atoms with Gasteiger partial charge in [-0.1, -0.05) is 0 Å². The number of hydrogen-bond acceptors (Lipinski definition) is 5. The van der Waals surface area contributed by atoms with Crippen molar-refractivity contribution in [1.82, 2.24) is 15.6 Å². The summed E-state index contributed by atoms with van der Waals surface area (Å²) in [4.78, 5) is 27.7. The minimum atomic E-state index is -0.412. The fourth-order valence-electron chi connectivity index (χ4n) is 1.73. The Morgan fingerprint density at radius 2 is 2.14 bits per heavy atom. The number of carbonyl (C=O) groups is 2. The second-order valence-corrected chi connectivity index (χ2v) is 4.33. The Labute approximate surface area is 127 Å². The molecule has 0 unspecified atom stereocenters. The van der Waals surface area contributed by atoms with E-state index in [-0.39, 0.29) is 24.9 Å². The van der Waals surface area contributed by atoms with Crippen molar-refractivity contribution in [2.24, 2.45) is 0 Å². The molecule has 0 atom stereocenters. The number of pyridine rings is 1. The smallest absolute Gasteiger partial charge is 0.257 e. The van der Waals surface area contributed by atoms with Crippen LogP contribution < -0.4 is 15.4 Å².